The normalized spacial score (nSPS) is 13.7. The fourth-order valence-corrected chi connectivity index (χ4v) is 2.33. The van der Waals surface area contributed by atoms with E-state index in [0.717, 1.165) is 5.56 Å². The predicted molar refractivity (Wildman–Crippen MR) is 81.2 cm³/mol. The van der Waals surface area contributed by atoms with E-state index in [1.165, 1.54) is 18.2 Å². The summed E-state index contributed by atoms with van der Waals surface area (Å²) in [6, 6.07) is 12.6. The van der Waals surface area contributed by atoms with Crippen molar-refractivity contribution in [2.45, 2.75) is 18.6 Å². The Hall–Kier alpha value is -1.95. The minimum Gasteiger partial charge on any atom is -0.391 e. The summed E-state index contributed by atoms with van der Waals surface area (Å²) in [4.78, 5) is 10.3. The first-order valence-electron chi connectivity index (χ1n) is 6.40. The maximum absolute atomic E-state index is 10.8. The molecule has 2 atom stereocenters. The Kier molecular flexibility index (Phi) is 4.90. The highest BCUT2D eigenvalue weighted by Crippen LogP contribution is 2.28. The van der Waals surface area contributed by atoms with Gasteiger partial charge in [0.25, 0.3) is 5.69 Å². The zero-order valence-corrected chi connectivity index (χ0v) is 11.9. The van der Waals surface area contributed by atoms with E-state index in [1.807, 2.05) is 30.3 Å². The highest BCUT2D eigenvalue weighted by molar-refractivity contribution is 6.31. The first kappa shape index (κ1) is 15.4. The van der Waals surface area contributed by atoms with Crippen molar-refractivity contribution in [2.75, 3.05) is 0 Å². The smallest absolute Gasteiger partial charge is 0.269 e. The zero-order chi connectivity index (χ0) is 15.4. The lowest BCUT2D eigenvalue weighted by molar-refractivity contribution is -0.384. The summed E-state index contributed by atoms with van der Waals surface area (Å²) in [7, 11) is 0. The van der Waals surface area contributed by atoms with Gasteiger partial charge >= 0.3 is 0 Å². The lowest BCUT2D eigenvalue weighted by Gasteiger charge is -2.20. The Labute approximate surface area is 127 Å². The zero-order valence-electron chi connectivity index (χ0n) is 11.1. The van der Waals surface area contributed by atoms with Gasteiger partial charge in [0.1, 0.15) is 0 Å². The number of halogens is 1. The molecule has 0 radical (unpaired) electrons. The lowest BCUT2D eigenvalue weighted by Crippen LogP contribution is -2.28. The van der Waals surface area contributed by atoms with Gasteiger partial charge in [0.05, 0.1) is 17.1 Å². The van der Waals surface area contributed by atoms with Crippen LogP contribution in [0, 0.1) is 10.1 Å². The third-order valence-corrected chi connectivity index (χ3v) is 3.60. The number of nitro benzene ring substituents is 1. The minimum atomic E-state index is -0.882. The van der Waals surface area contributed by atoms with E-state index in [9.17, 15) is 15.2 Å². The molecule has 0 aliphatic heterocycles. The Bertz CT molecular complexity index is 634. The van der Waals surface area contributed by atoms with Crippen LogP contribution in [0.2, 0.25) is 5.02 Å². The number of rotatable bonds is 5. The molecule has 21 heavy (non-hydrogen) atoms. The van der Waals surface area contributed by atoms with Crippen LogP contribution in [-0.2, 0) is 6.42 Å². The summed E-state index contributed by atoms with van der Waals surface area (Å²) >= 11 is 6.03. The van der Waals surface area contributed by atoms with Gasteiger partial charge in [-0.2, -0.15) is 0 Å². The lowest BCUT2D eigenvalue weighted by atomic mass is 9.96. The Morgan fingerprint density at radius 2 is 1.90 bits per heavy atom. The van der Waals surface area contributed by atoms with E-state index >= 15 is 0 Å². The van der Waals surface area contributed by atoms with Gasteiger partial charge in [0.2, 0.25) is 0 Å². The van der Waals surface area contributed by atoms with Crippen molar-refractivity contribution in [3.8, 4) is 0 Å². The van der Waals surface area contributed by atoms with Crippen LogP contribution in [0.25, 0.3) is 0 Å². The number of nitrogens with two attached hydrogens (primary N) is 1. The minimum absolute atomic E-state index is 0.100. The Balaban J connectivity index is 2.20. The number of aliphatic hydroxyl groups excluding tert-OH is 1. The molecule has 0 saturated carbocycles. The van der Waals surface area contributed by atoms with Crippen LogP contribution < -0.4 is 5.73 Å². The van der Waals surface area contributed by atoms with Crippen LogP contribution in [0.15, 0.2) is 48.5 Å². The maximum Gasteiger partial charge on any atom is 0.269 e. The molecule has 0 unspecified atom stereocenters. The molecular formula is C15H15ClN2O3. The number of hydrogen-bond donors (Lipinski definition) is 2. The molecule has 3 N–H and O–H groups in total. The standard InChI is InChI=1S/C15H15ClN2O3/c16-13-7-6-11(18(20)21)9-12(13)15(17)14(19)8-10-4-2-1-3-5-10/h1-7,9,14-15,19H,8,17H2/t14-,15+/m1/s1. The van der Waals surface area contributed by atoms with E-state index in [-0.39, 0.29) is 5.69 Å². The van der Waals surface area contributed by atoms with Crippen LogP contribution in [0.1, 0.15) is 17.2 Å². The van der Waals surface area contributed by atoms with Crippen LogP contribution in [0.5, 0.6) is 0 Å². The Morgan fingerprint density at radius 1 is 1.24 bits per heavy atom. The topological polar surface area (TPSA) is 89.4 Å². The molecule has 0 aliphatic carbocycles. The summed E-state index contributed by atoms with van der Waals surface area (Å²) in [5, 5.41) is 21.3. The molecule has 0 amide bonds. The van der Waals surface area contributed by atoms with Crippen molar-refractivity contribution in [3.63, 3.8) is 0 Å². The molecule has 0 heterocycles. The fraction of sp³-hybridized carbons (Fsp3) is 0.200. The third-order valence-electron chi connectivity index (χ3n) is 3.25. The molecule has 2 aromatic carbocycles. The van der Waals surface area contributed by atoms with Gasteiger partial charge in [0.15, 0.2) is 0 Å². The summed E-state index contributed by atoms with van der Waals surface area (Å²) in [6.45, 7) is 0. The van der Waals surface area contributed by atoms with Crippen molar-refractivity contribution < 1.29 is 10.0 Å². The van der Waals surface area contributed by atoms with Crippen LogP contribution >= 0.6 is 11.6 Å². The second-order valence-corrected chi connectivity index (χ2v) is 5.15. The summed E-state index contributed by atoms with van der Waals surface area (Å²) in [5.74, 6) is 0. The van der Waals surface area contributed by atoms with E-state index < -0.39 is 17.1 Å². The quantitative estimate of drug-likeness (QED) is 0.656. The number of nitrogens with zero attached hydrogens (tertiary/aromatic N) is 1. The molecule has 2 aromatic rings. The molecule has 110 valence electrons. The fourth-order valence-electron chi connectivity index (χ4n) is 2.09. The van der Waals surface area contributed by atoms with Gasteiger partial charge < -0.3 is 10.8 Å². The average Bonchev–Trinajstić information content (AvgIpc) is 2.47. The van der Waals surface area contributed by atoms with Gasteiger partial charge in [-0.25, -0.2) is 0 Å². The summed E-state index contributed by atoms with van der Waals surface area (Å²) in [5.41, 5.74) is 7.20. The highest BCUT2D eigenvalue weighted by atomic mass is 35.5. The SMILES string of the molecule is N[C@@H](c1cc([N+](=O)[O-])ccc1Cl)[C@H](O)Cc1ccccc1. The molecule has 2 rings (SSSR count). The maximum atomic E-state index is 10.8. The molecular weight excluding hydrogens is 292 g/mol. The molecule has 0 fully saturated rings. The predicted octanol–water partition coefficient (Wildman–Crippen LogP) is 2.85. The molecule has 0 saturated heterocycles. The summed E-state index contributed by atoms with van der Waals surface area (Å²) < 4.78 is 0. The second kappa shape index (κ2) is 6.67. The molecule has 0 aliphatic rings. The van der Waals surface area contributed by atoms with E-state index in [1.54, 1.807) is 0 Å². The van der Waals surface area contributed by atoms with E-state index in [0.29, 0.717) is 17.0 Å². The van der Waals surface area contributed by atoms with Gasteiger partial charge in [0, 0.05) is 23.6 Å². The second-order valence-electron chi connectivity index (χ2n) is 4.75. The van der Waals surface area contributed by atoms with Gasteiger partial charge in [-0.1, -0.05) is 41.9 Å². The van der Waals surface area contributed by atoms with Crippen LogP contribution in [0.4, 0.5) is 5.69 Å². The number of hydrogen-bond acceptors (Lipinski definition) is 4. The number of nitro groups is 1. The number of benzene rings is 2. The molecule has 0 spiro atoms. The van der Waals surface area contributed by atoms with Crippen molar-refractivity contribution in [3.05, 3.63) is 74.8 Å². The van der Waals surface area contributed by atoms with E-state index in [4.69, 9.17) is 17.3 Å². The van der Waals surface area contributed by atoms with E-state index in [2.05, 4.69) is 0 Å². The van der Waals surface area contributed by atoms with Gasteiger partial charge in [-0.05, 0) is 17.2 Å². The van der Waals surface area contributed by atoms with Crippen molar-refractivity contribution in [1.29, 1.82) is 0 Å². The average molecular weight is 307 g/mol. The largest absolute Gasteiger partial charge is 0.391 e. The first-order chi connectivity index (χ1) is 9.99. The monoisotopic (exact) mass is 306 g/mol. The first-order valence-corrected chi connectivity index (χ1v) is 6.78. The summed E-state index contributed by atoms with van der Waals surface area (Å²) in [6.07, 6.45) is -0.534. The van der Waals surface area contributed by atoms with Crippen molar-refractivity contribution in [2.24, 2.45) is 5.73 Å². The van der Waals surface area contributed by atoms with Gasteiger partial charge in [-0.3, -0.25) is 10.1 Å². The molecule has 0 bridgehead atoms. The number of aliphatic hydroxyl groups is 1. The molecule has 6 heteroatoms. The van der Waals surface area contributed by atoms with Crippen molar-refractivity contribution >= 4 is 17.3 Å². The van der Waals surface area contributed by atoms with Crippen LogP contribution in [0.3, 0.4) is 0 Å². The highest BCUT2D eigenvalue weighted by Gasteiger charge is 2.22. The Morgan fingerprint density at radius 3 is 2.52 bits per heavy atom. The van der Waals surface area contributed by atoms with Crippen LogP contribution in [-0.4, -0.2) is 16.1 Å². The van der Waals surface area contributed by atoms with Gasteiger partial charge in [-0.15, -0.1) is 0 Å². The van der Waals surface area contributed by atoms with Crippen molar-refractivity contribution in [1.82, 2.24) is 0 Å². The third kappa shape index (κ3) is 3.78. The molecule has 0 aromatic heterocycles. The number of non-ortho nitro benzene ring substituents is 1. The molecule has 5 nitrogen and oxygen atoms in total.